The number of piperidine rings is 1. The SMILES string of the molecule is O=C(OC(F)(F)F)N1CCCCC1c1ccccc1. The van der Waals surface area contributed by atoms with Crippen molar-refractivity contribution in [2.24, 2.45) is 0 Å². The van der Waals surface area contributed by atoms with Crippen molar-refractivity contribution in [2.45, 2.75) is 31.7 Å². The highest BCUT2D eigenvalue weighted by atomic mass is 19.4. The fourth-order valence-electron chi connectivity index (χ4n) is 2.33. The lowest BCUT2D eigenvalue weighted by atomic mass is 9.96. The number of carbonyl (C=O) groups excluding carboxylic acids is 1. The van der Waals surface area contributed by atoms with Crippen LogP contribution in [0.25, 0.3) is 0 Å². The van der Waals surface area contributed by atoms with Gasteiger partial charge < -0.3 is 9.64 Å². The molecule has 2 rings (SSSR count). The van der Waals surface area contributed by atoms with Gasteiger partial charge in [0.1, 0.15) is 0 Å². The van der Waals surface area contributed by atoms with E-state index < -0.39 is 12.5 Å². The lowest BCUT2D eigenvalue weighted by Crippen LogP contribution is -2.41. The van der Waals surface area contributed by atoms with E-state index in [0.29, 0.717) is 12.8 Å². The Bertz CT molecular complexity index is 433. The topological polar surface area (TPSA) is 29.5 Å². The van der Waals surface area contributed by atoms with Gasteiger partial charge in [-0.1, -0.05) is 30.3 Å². The van der Waals surface area contributed by atoms with Gasteiger partial charge >= 0.3 is 12.5 Å². The van der Waals surface area contributed by atoms with E-state index in [0.717, 1.165) is 16.9 Å². The third-order valence-electron chi connectivity index (χ3n) is 3.12. The number of hydrogen-bond acceptors (Lipinski definition) is 2. The summed E-state index contributed by atoms with van der Waals surface area (Å²) in [5.41, 5.74) is 0.835. The van der Waals surface area contributed by atoms with Crippen LogP contribution in [0.2, 0.25) is 0 Å². The largest absolute Gasteiger partial charge is 0.576 e. The number of halogens is 3. The van der Waals surface area contributed by atoms with Crippen LogP contribution in [0.1, 0.15) is 30.9 Å². The fourth-order valence-corrected chi connectivity index (χ4v) is 2.33. The van der Waals surface area contributed by atoms with E-state index in [2.05, 4.69) is 4.74 Å². The average Bonchev–Trinajstić information content (AvgIpc) is 2.38. The summed E-state index contributed by atoms with van der Waals surface area (Å²) < 4.78 is 39.9. The molecule has 3 nitrogen and oxygen atoms in total. The first-order valence-electron chi connectivity index (χ1n) is 6.08. The predicted octanol–water partition coefficient (Wildman–Crippen LogP) is 3.87. The summed E-state index contributed by atoms with van der Waals surface area (Å²) in [4.78, 5) is 12.7. The van der Waals surface area contributed by atoms with Crippen LogP contribution in [-0.4, -0.2) is 23.9 Å². The number of ether oxygens (including phenoxy) is 1. The van der Waals surface area contributed by atoms with E-state index in [4.69, 9.17) is 0 Å². The quantitative estimate of drug-likeness (QED) is 0.777. The van der Waals surface area contributed by atoms with Gasteiger partial charge in [0.25, 0.3) is 0 Å². The molecule has 1 aliphatic heterocycles. The summed E-state index contributed by atoms with van der Waals surface area (Å²) in [5.74, 6) is 0. The van der Waals surface area contributed by atoms with Crippen molar-refractivity contribution in [1.29, 1.82) is 0 Å². The van der Waals surface area contributed by atoms with E-state index in [9.17, 15) is 18.0 Å². The van der Waals surface area contributed by atoms with Crippen molar-refractivity contribution in [2.75, 3.05) is 6.54 Å². The van der Waals surface area contributed by atoms with Gasteiger partial charge in [-0.15, -0.1) is 13.2 Å². The number of likely N-dealkylation sites (tertiary alicyclic amines) is 1. The van der Waals surface area contributed by atoms with E-state index in [1.54, 1.807) is 12.1 Å². The summed E-state index contributed by atoms with van der Waals surface area (Å²) >= 11 is 0. The molecule has 104 valence electrons. The van der Waals surface area contributed by atoms with Crippen molar-refractivity contribution in [3.63, 3.8) is 0 Å². The maximum atomic E-state index is 12.1. The van der Waals surface area contributed by atoms with E-state index in [1.807, 2.05) is 18.2 Å². The highest BCUT2D eigenvalue weighted by Gasteiger charge is 2.38. The highest BCUT2D eigenvalue weighted by molar-refractivity contribution is 5.68. The molecule has 0 saturated carbocycles. The Kier molecular flexibility index (Phi) is 3.97. The minimum atomic E-state index is -4.93. The monoisotopic (exact) mass is 273 g/mol. The summed E-state index contributed by atoms with van der Waals surface area (Å²) in [6, 6.07) is 8.71. The smallest absolute Gasteiger partial charge is 0.356 e. The molecule has 1 aromatic carbocycles. The number of carbonyl (C=O) groups is 1. The molecule has 6 heteroatoms. The first-order chi connectivity index (χ1) is 8.97. The Morgan fingerprint density at radius 3 is 2.53 bits per heavy atom. The molecule has 19 heavy (non-hydrogen) atoms. The number of benzene rings is 1. The van der Waals surface area contributed by atoms with Crippen LogP contribution in [-0.2, 0) is 4.74 Å². The van der Waals surface area contributed by atoms with Crippen molar-refractivity contribution in [3.8, 4) is 0 Å². The maximum absolute atomic E-state index is 12.1. The van der Waals surface area contributed by atoms with Crippen molar-refractivity contribution >= 4 is 6.09 Å². The van der Waals surface area contributed by atoms with Crippen LogP contribution >= 0.6 is 0 Å². The zero-order chi connectivity index (χ0) is 13.9. The molecule has 1 aliphatic rings. The standard InChI is InChI=1S/C13H14F3NO2/c14-13(15,16)19-12(18)17-9-5-4-8-11(17)10-6-2-1-3-7-10/h1-3,6-7,11H,4-5,8-9H2. The second-order valence-corrected chi connectivity index (χ2v) is 4.43. The average molecular weight is 273 g/mol. The van der Waals surface area contributed by atoms with Crippen LogP contribution in [0.15, 0.2) is 30.3 Å². The van der Waals surface area contributed by atoms with Crippen molar-refractivity contribution in [3.05, 3.63) is 35.9 Å². The minimum absolute atomic E-state index is 0.286. The number of amides is 1. The summed E-state index contributed by atoms with van der Waals surface area (Å²) in [6.45, 7) is 0.286. The highest BCUT2D eigenvalue weighted by Crippen LogP contribution is 2.32. The molecule has 1 amide bonds. The number of hydrogen-bond donors (Lipinski definition) is 0. The van der Waals surface area contributed by atoms with Gasteiger partial charge in [-0.2, -0.15) is 0 Å². The molecule has 1 aromatic rings. The molecule has 0 N–H and O–H groups in total. The van der Waals surface area contributed by atoms with Crippen molar-refractivity contribution < 1.29 is 22.7 Å². The Morgan fingerprint density at radius 2 is 1.89 bits per heavy atom. The van der Waals surface area contributed by atoms with Gasteiger partial charge in [0, 0.05) is 6.54 Å². The first kappa shape index (κ1) is 13.7. The Morgan fingerprint density at radius 1 is 1.21 bits per heavy atom. The zero-order valence-electron chi connectivity index (χ0n) is 10.2. The Hall–Kier alpha value is -1.72. The normalized spacial score (nSPS) is 20.2. The van der Waals surface area contributed by atoms with Gasteiger partial charge in [-0.25, -0.2) is 4.79 Å². The third-order valence-corrected chi connectivity index (χ3v) is 3.12. The molecule has 0 bridgehead atoms. The molecular weight excluding hydrogens is 259 g/mol. The molecular formula is C13H14F3NO2. The molecule has 0 spiro atoms. The molecule has 0 aromatic heterocycles. The second kappa shape index (κ2) is 5.50. The third kappa shape index (κ3) is 3.62. The molecule has 1 saturated heterocycles. The number of nitrogens with zero attached hydrogens (tertiary/aromatic N) is 1. The molecule has 1 atom stereocenters. The van der Waals surface area contributed by atoms with E-state index in [1.165, 1.54) is 0 Å². The van der Waals surface area contributed by atoms with E-state index >= 15 is 0 Å². The predicted molar refractivity (Wildman–Crippen MR) is 62.3 cm³/mol. The van der Waals surface area contributed by atoms with Crippen LogP contribution < -0.4 is 0 Å². The molecule has 1 heterocycles. The summed E-state index contributed by atoms with van der Waals surface area (Å²) in [7, 11) is 0. The number of rotatable bonds is 1. The van der Waals surface area contributed by atoms with Crippen LogP contribution in [0.5, 0.6) is 0 Å². The molecule has 0 aliphatic carbocycles. The second-order valence-electron chi connectivity index (χ2n) is 4.43. The van der Waals surface area contributed by atoms with Gasteiger partial charge in [0.15, 0.2) is 0 Å². The van der Waals surface area contributed by atoms with Crippen molar-refractivity contribution in [1.82, 2.24) is 4.90 Å². The van der Waals surface area contributed by atoms with Crippen LogP contribution in [0.3, 0.4) is 0 Å². The van der Waals surface area contributed by atoms with Gasteiger partial charge in [-0.3, -0.25) is 0 Å². The fraction of sp³-hybridized carbons (Fsp3) is 0.462. The van der Waals surface area contributed by atoms with Crippen LogP contribution in [0.4, 0.5) is 18.0 Å². The molecule has 1 unspecified atom stereocenters. The van der Waals surface area contributed by atoms with Gasteiger partial charge in [-0.05, 0) is 24.8 Å². The first-order valence-corrected chi connectivity index (χ1v) is 6.08. The Balaban J connectivity index is 2.15. The lowest BCUT2D eigenvalue weighted by molar-refractivity contribution is -0.295. The minimum Gasteiger partial charge on any atom is -0.356 e. The maximum Gasteiger partial charge on any atom is 0.576 e. The lowest BCUT2D eigenvalue weighted by Gasteiger charge is -2.35. The zero-order valence-corrected chi connectivity index (χ0v) is 10.2. The molecule has 1 fully saturated rings. The molecule has 0 radical (unpaired) electrons. The summed E-state index contributed by atoms with van der Waals surface area (Å²) in [6.07, 6.45) is -4.03. The Labute approximate surface area is 109 Å². The van der Waals surface area contributed by atoms with Crippen LogP contribution in [0, 0.1) is 0 Å². The van der Waals surface area contributed by atoms with Gasteiger partial charge in [0.2, 0.25) is 0 Å². The number of alkyl halides is 3. The summed E-state index contributed by atoms with van der Waals surface area (Å²) in [5, 5.41) is 0. The van der Waals surface area contributed by atoms with Gasteiger partial charge in [0.05, 0.1) is 6.04 Å². The van der Waals surface area contributed by atoms with E-state index in [-0.39, 0.29) is 12.6 Å².